The molecule has 96 valence electrons. The van der Waals surface area contributed by atoms with Gasteiger partial charge in [-0.05, 0) is 25.1 Å². The molecule has 0 heterocycles. The van der Waals surface area contributed by atoms with E-state index in [0.717, 1.165) is 30.2 Å². The molecule has 1 rings (SSSR count). The fourth-order valence-corrected chi connectivity index (χ4v) is 1.51. The van der Waals surface area contributed by atoms with Crippen molar-refractivity contribution in [2.75, 3.05) is 34.0 Å². The molecule has 0 aliphatic heterocycles. The van der Waals surface area contributed by atoms with Crippen LogP contribution in [0.3, 0.4) is 0 Å². The van der Waals surface area contributed by atoms with Gasteiger partial charge in [0.15, 0.2) is 0 Å². The monoisotopic (exact) mass is 239 g/mol. The van der Waals surface area contributed by atoms with Gasteiger partial charge in [-0.3, -0.25) is 0 Å². The topological polar surface area (TPSA) is 39.7 Å². The maximum absolute atomic E-state index is 5.57. The molecule has 0 unspecified atom stereocenters. The van der Waals surface area contributed by atoms with Crippen LogP contribution in [0.15, 0.2) is 18.2 Å². The van der Waals surface area contributed by atoms with Crippen LogP contribution in [0.2, 0.25) is 0 Å². The summed E-state index contributed by atoms with van der Waals surface area (Å²) in [4.78, 5) is 0. The highest BCUT2D eigenvalue weighted by Gasteiger charge is 2.05. The second kappa shape index (κ2) is 7.92. The van der Waals surface area contributed by atoms with Gasteiger partial charge in [-0.2, -0.15) is 0 Å². The molecule has 17 heavy (non-hydrogen) atoms. The normalized spacial score (nSPS) is 10.3. The second-order valence-electron chi connectivity index (χ2n) is 3.58. The standard InChI is InChI=1S/C13H21NO3/c1-4-17-13-6-5-12(16-3)9-11(13)10-14-7-8-15-2/h5-6,9,14H,4,7-8,10H2,1-3H3. The fourth-order valence-electron chi connectivity index (χ4n) is 1.51. The van der Waals surface area contributed by atoms with E-state index in [1.54, 1.807) is 14.2 Å². The second-order valence-corrected chi connectivity index (χ2v) is 3.58. The Hall–Kier alpha value is -1.26. The van der Waals surface area contributed by atoms with Gasteiger partial charge in [0, 0.05) is 25.8 Å². The summed E-state index contributed by atoms with van der Waals surface area (Å²) in [6, 6.07) is 5.84. The molecule has 0 saturated heterocycles. The predicted molar refractivity (Wildman–Crippen MR) is 67.7 cm³/mol. The molecule has 0 saturated carbocycles. The van der Waals surface area contributed by atoms with Gasteiger partial charge in [0.25, 0.3) is 0 Å². The molecule has 1 aromatic carbocycles. The van der Waals surface area contributed by atoms with Gasteiger partial charge in [0.05, 0.1) is 20.3 Å². The minimum absolute atomic E-state index is 0.664. The molecule has 0 amide bonds. The lowest BCUT2D eigenvalue weighted by Crippen LogP contribution is -2.19. The summed E-state index contributed by atoms with van der Waals surface area (Å²) in [5, 5.41) is 3.29. The van der Waals surface area contributed by atoms with E-state index < -0.39 is 0 Å². The molecule has 0 aliphatic rings. The first-order valence-electron chi connectivity index (χ1n) is 5.81. The van der Waals surface area contributed by atoms with Crippen LogP contribution in [-0.4, -0.2) is 34.0 Å². The van der Waals surface area contributed by atoms with Gasteiger partial charge in [0.1, 0.15) is 11.5 Å². The van der Waals surface area contributed by atoms with Crippen molar-refractivity contribution in [2.24, 2.45) is 0 Å². The van der Waals surface area contributed by atoms with Crippen LogP contribution in [-0.2, 0) is 11.3 Å². The van der Waals surface area contributed by atoms with Crippen molar-refractivity contribution in [3.63, 3.8) is 0 Å². The first-order chi connectivity index (χ1) is 8.31. The molecule has 4 nitrogen and oxygen atoms in total. The average molecular weight is 239 g/mol. The third kappa shape index (κ3) is 4.63. The van der Waals surface area contributed by atoms with E-state index >= 15 is 0 Å². The van der Waals surface area contributed by atoms with E-state index in [4.69, 9.17) is 14.2 Å². The van der Waals surface area contributed by atoms with E-state index in [1.807, 2.05) is 25.1 Å². The Morgan fingerprint density at radius 1 is 1.24 bits per heavy atom. The predicted octanol–water partition coefficient (Wildman–Crippen LogP) is 1.83. The lowest BCUT2D eigenvalue weighted by Gasteiger charge is -2.12. The molecular weight excluding hydrogens is 218 g/mol. The Morgan fingerprint density at radius 3 is 2.71 bits per heavy atom. The van der Waals surface area contributed by atoms with Crippen LogP contribution in [0.4, 0.5) is 0 Å². The molecule has 0 atom stereocenters. The van der Waals surface area contributed by atoms with Gasteiger partial charge < -0.3 is 19.5 Å². The zero-order chi connectivity index (χ0) is 12.5. The Bertz CT molecular complexity index is 328. The average Bonchev–Trinajstić information content (AvgIpc) is 2.36. The van der Waals surface area contributed by atoms with E-state index in [2.05, 4.69) is 5.32 Å². The van der Waals surface area contributed by atoms with Crippen molar-refractivity contribution in [3.8, 4) is 11.5 Å². The Kier molecular flexibility index (Phi) is 6.43. The quantitative estimate of drug-likeness (QED) is 0.703. The van der Waals surface area contributed by atoms with Crippen molar-refractivity contribution in [1.29, 1.82) is 0 Å². The number of rotatable bonds is 8. The van der Waals surface area contributed by atoms with Crippen LogP contribution in [0, 0.1) is 0 Å². The van der Waals surface area contributed by atoms with Crippen LogP contribution < -0.4 is 14.8 Å². The molecule has 0 aliphatic carbocycles. The number of hydrogen-bond acceptors (Lipinski definition) is 4. The first kappa shape index (κ1) is 13.8. The Morgan fingerprint density at radius 2 is 2.06 bits per heavy atom. The van der Waals surface area contributed by atoms with Crippen molar-refractivity contribution < 1.29 is 14.2 Å². The number of ether oxygens (including phenoxy) is 3. The zero-order valence-corrected chi connectivity index (χ0v) is 10.8. The summed E-state index contributed by atoms with van der Waals surface area (Å²) in [6.45, 7) is 4.91. The van der Waals surface area contributed by atoms with Crippen molar-refractivity contribution in [1.82, 2.24) is 5.32 Å². The minimum atomic E-state index is 0.664. The maximum atomic E-state index is 5.57. The molecule has 0 bridgehead atoms. The first-order valence-corrected chi connectivity index (χ1v) is 5.81. The van der Waals surface area contributed by atoms with E-state index in [1.165, 1.54) is 0 Å². The molecule has 0 aromatic heterocycles. The summed E-state index contributed by atoms with van der Waals surface area (Å²) in [6.07, 6.45) is 0. The summed E-state index contributed by atoms with van der Waals surface area (Å²) in [7, 11) is 3.36. The van der Waals surface area contributed by atoms with E-state index in [9.17, 15) is 0 Å². The minimum Gasteiger partial charge on any atom is -0.497 e. The Labute approximate surface area is 103 Å². The highest BCUT2D eigenvalue weighted by Crippen LogP contribution is 2.24. The van der Waals surface area contributed by atoms with Crippen LogP contribution >= 0.6 is 0 Å². The summed E-state index contributed by atoms with van der Waals surface area (Å²) < 4.78 is 15.8. The molecule has 4 heteroatoms. The number of methoxy groups -OCH3 is 2. The third-order valence-electron chi connectivity index (χ3n) is 2.37. The SMILES string of the molecule is CCOc1ccc(OC)cc1CNCCOC. The molecule has 1 aromatic rings. The summed E-state index contributed by atoms with van der Waals surface area (Å²) >= 11 is 0. The third-order valence-corrected chi connectivity index (χ3v) is 2.37. The van der Waals surface area contributed by atoms with Crippen molar-refractivity contribution in [2.45, 2.75) is 13.5 Å². The molecule has 1 N–H and O–H groups in total. The van der Waals surface area contributed by atoms with Crippen molar-refractivity contribution in [3.05, 3.63) is 23.8 Å². The zero-order valence-electron chi connectivity index (χ0n) is 10.8. The number of nitrogens with one attached hydrogen (secondary N) is 1. The van der Waals surface area contributed by atoms with Crippen molar-refractivity contribution >= 4 is 0 Å². The number of hydrogen-bond donors (Lipinski definition) is 1. The van der Waals surface area contributed by atoms with Gasteiger partial charge in [0.2, 0.25) is 0 Å². The van der Waals surface area contributed by atoms with Gasteiger partial charge in [-0.25, -0.2) is 0 Å². The van der Waals surface area contributed by atoms with E-state index in [-0.39, 0.29) is 0 Å². The van der Waals surface area contributed by atoms with Crippen LogP contribution in [0.1, 0.15) is 12.5 Å². The van der Waals surface area contributed by atoms with Gasteiger partial charge in [-0.1, -0.05) is 0 Å². The molecule has 0 radical (unpaired) electrons. The number of benzene rings is 1. The highest BCUT2D eigenvalue weighted by molar-refractivity contribution is 5.40. The highest BCUT2D eigenvalue weighted by atomic mass is 16.5. The Balaban J connectivity index is 2.64. The lowest BCUT2D eigenvalue weighted by atomic mass is 10.2. The maximum Gasteiger partial charge on any atom is 0.124 e. The fraction of sp³-hybridized carbons (Fsp3) is 0.538. The van der Waals surface area contributed by atoms with Gasteiger partial charge >= 0.3 is 0 Å². The molecule has 0 spiro atoms. The lowest BCUT2D eigenvalue weighted by molar-refractivity contribution is 0.199. The molecular formula is C13H21NO3. The largest absolute Gasteiger partial charge is 0.497 e. The smallest absolute Gasteiger partial charge is 0.124 e. The van der Waals surface area contributed by atoms with Gasteiger partial charge in [-0.15, -0.1) is 0 Å². The molecule has 0 fully saturated rings. The summed E-state index contributed by atoms with van der Waals surface area (Å²) in [5.74, 6) is 1.75. The van der Waals surface area contributed by atoms with Crippen LogP contribution in [0.5, 0.6) is 11.5 Å². The van der Waals surface area contributed by atoms with Crippen LogP contribution in [0.25, 0.3) is 0 Å². The van der Waals surface area contributed by atoms with E-state index in [0.29, 0.717) is 13.2 Å². The summed E-state index contributed by atoms with van der Waals surface area (Å²) in [5.41, 5.74) is 1.10.